The molecule has 35 heavy (non-hydrogen) atoms. The van der Waals surface area contributed by atoms with Crippen molar-refractivity contribution in [3.8, 4) is 10.6 Å². The topological polar surface area (TPSA) is 108 Å². The van der Waals surface area contributed by atoms with E-state index in [0.717, 1.165) is 15.5 Å². The molecule has 182 valence electrons. The quantitative estimate of drug-likeness (QED) is 0.233. The molecule has 0 saturated carbocycles. The number of nitrogens with one attached hydrogen (secondary N) is 2. The zero-order valence-corrected chi connectivity index (χ0v) is 21.4. The van der Waals surface area contributed by atoms with Gasteiger partial charge in [0.05, 0.1) is 27.7 Å². The van der Waals surface area contributed by atoms with Crippen LogP contribution in [0.4, 0.5) is 10.8 Å². The number of thioether (sulfide) groups is 1. The van der Waals surface area contributed by atoms with Gasteiger partial charge in [0, 0.05) is 16.0 Å². The Labute approximate surface area is 215 Å². The standard InChI is InChI=1S/C25H25N3O4S3/c1-2-20(23(30)28-25-27-19(14-34-25)21-11-6-12-33-21)35-16-8-5-7-15(13-16)26-22(29)17-9-3-4-10-18(17)24(31)32/h3-8,11-14,17-18,20H,2,9-10H2,1H3,(H,26,29)(H,31,32)(H,27,28,30). The van der Waals surface area contributed by atoms with Gasteiger partial charge in [0.2, 0.25) is 11.8 Å². The van der Waals surface area contributed by atoms with Crippen LogP contribution in [0.3, 0.4) is 0 Å². The first-order valence-corrected chi connectivity index (χ1v) is 13.8. The van der Waals surface area contributed by atoms with Crippen molar-refractivity contribution in [3.63, 3.8) is 0 Å². The van der Waals surface area contributed by atoms with E-state index in [9.17, 15) is 19.5 Å². The van der Waals surface area contributed by atoms with Gasteiger partial charge in [-0.1, -0.05) is 31.2 Å². The number of anilines is 2. The van der Waals surface area contributed by atoms with Gasteiger partial charge in [-0.15, -0.1) is 34.4 Å². The number of carbonyl (C=O) groups is 3. The minimum Gasteiger partial charge on any atom is -0.481 e. The van der Waals surface area contributed by atoms with E-state index in [1.165, 1.54) is 23.1 Å². The largest absolute Gasteiger partial charge is 0.481 e. The third-order valence-electron chi connectivity index (χ3n) is 5.64. The Hall–Kier alpha value is -2.95. The normalized spacial score (nSPS) is 18.1. The summed E-state index contributed by atoms with van der Waals surface area (Å²) in [6, 6.07) is 11.2. The van der Waals surface area contributed by atoms with Crippen LogP contribution in [-0.2, 0) is 14.4 Å². The third-order valence-corrected chi connectivity index (χ3v) is 8.65. The Balaban J connectivity index is 1.38. The second kappa shape index (κ2) is 11.7. The maximum absolute atomic E-state index is 12.9. The zero-order chi connectivity index (χ0) is 24.8. The molecule has 1 aliphatic rings. The number of thiazole rings is 1. The second-order valence-electron chi connectivity index (χ2n) is 8.03. The molecule has 0 radical (unpaired) electrons. The molecule has 2 heterocycles. The van der Waals surface area contributed by atoms with Crippen molar-refractivity contribution >= 4 is 63.0 Å². The predicted octanol–water partition coefficient (Wildman–Crippen LogP) is 5.99. The van der Waals surface area contributed by atoms with Crippen LogP contribution in [0.5, 0.6) is 0 Å². The number of thiophene rings is 1. The Morgan fingerprint density at radius 2 is 1.91 bits per heavy atom. The average Bonchev–Trinajstić information content (AvgIpc) is 3.55. The summed E-state index contributed by atoms with van der Waals surface area (Å²) in [6.45, 7) is 1.95. The first-order chi connectivity index (χ1) is 16.9. The summed E-state index contributed by atoms with van der Waals surface area (Å²) in [5, 5.41) is 19.4. The summed E-state index contributed by atoms with van der Waals surface area (Å²) in [7, 11) is 0. The van der Waals surface area contributed by atoms with Crippen LogP contribution in [-0.4, -0.2) is 33.1 Å². The van der Waals surface area contributed by atoms with Gasteiger partial charge in [0.1, 0.15) is 0 Å². The minimum absolute atomic E-state index is 0.127. The van der Waals surface area contributed by atoms with E-state index in [1.54, 1.807) is 17.4 Å². The number of amides is 2. The molecule has 3 N–H and O–H groups in total. The van der Waals surface area contributed by atoms with Crippen molar-refractivity contribution in [1.82, 2.24) is 4.98 Å². The first kappa shape index (κ1) is 25.2. The van der Waals surface area contributed by atoms with Crippen LogP contribution in [0.15, 0.2) is 64.2 Å². The molecule has 4 rings (SSSR count). The highest BCUT2D eigenvalue weighted by Gasteiger charge is 2.34. The maximum Gasteiger partial charge on any atom is 0.307 e. The van der Waals surface area contributed by atoms with Crippen molar-refractivity contribution in [2.45, 2.75) is 36.3 Å². The summed E-state index contributed by atoms with van der Waals surface area (Å²) < 4.78 is 0. The summed E-state index contributed by atoms with van der Waals surface area (Å²) in [6.07, 6.45) is 5.03. The van der Waals surface area contributed by atoms with E-state index in [2.05, 4.69) is 15.6 Å². The number of hydrogen-bond donors (Lipinski definition) is 3. The lowest BCUT2D eigenvalue weighted by molar-refractivity contribution is -0.146. The summed E-state index contributed by atoms with van der Waals surface area (Å²) in [5.74, 6) is -2.73. The number of aromatic nitrogens is 1. The molecule has 0 aliphatic heterocycles. The number of rotatable bonds is 9. The molecule has 1 aliphatic carbocycles. The Morgan fingerprint density at radius 3 is 2.63 bits per heavy atom. The van der Waals surface area contributed by atoms with E-state index in [-0.39, 0.29) is 17.1 Å². The first-order valence-electron chi connectivity index (χ1n) is 11.2. The van der Waals surface area contributed by atoms with Gasteiger partial charge < -0.3 is 15.7 Å². The highest BCUT2D eigenvalue weighted by Crippen LogP contribution is 2.32. The molecule has 10 heteroatoms. The number of carboxylic acids is 1. The number of carboxylic acid groups (broad SMARTS) is 1. The van der Waals surface area contributed by atoms with Gasteiger partial charge >= 0.3 is 5.97 Å². The number of aliphatic carboxylic acids is 1. The zero-order valence-electron chi connectivity index (χ0n) is 19.0. The Morgan fingerprint density at radius 1 is 1.11 bits per heavy atom. The molecule has 3 aromatic rings. The molecule has 0 saturated heterocycles. The van der Waals surface area contributed by atoms with Crippen LogP contribution >= 0.6 is 34.4 Å². The minimum atomic E-state index is -0.960. The summed E-state index contributed by atoms with van der Waals surface area (Å²) in [4.78, 5) is 43.6. The predicted molar refractivity (Wildman–Crippen MR) is 142 cm³/mol. The van der Waals surface area contributed by atoms with E-state index in [4.69, 9.17) is 0 Å². The SMILES string of the molecule is CCC(Sc1cccc(NC(=O)C2CC=CCC2C(=O)O)c1)C(=O)Nc1nc(-c2cccs2)cs1. The van der Waals surface area contributed by atoms with E-state index >= 15 is 0 Å². The lowest BCUT2D eigenvalue weighted by Crippen LogP contribution is -2.34. The van der Waals surface area contributed by atoms with E-state index < -0.39 is 17.8 Å². The third kappa shape index (κ3) is 6.39. The van der Waals surface area contributed by atoms with Gasteiger partial charge in [0.25, 0.3) is 0 Å². The van der Waals surface area contributed by atoms with E-state index in [1.807, 2.05) is 60.2 Å². The van der Waals surface area contributed by atoms with Gasteiger partial charge in [-0.25, -0.2) is 4.98 Å². The fourth-order valence-corrected chi connectivity index (χ4v) is 6.29. The van der Waals surface area contributed by atoms with Gasteiger partial charge in [-0.05, 0) is 48.9 Å². The van der Waals surface area contributed by atoms with Crippen LogP contribution in [0, 0.1) is 11.8 Å². The van der Waals surface area contributed by atoms with Crippen LogP contribution in [0.2, 0.25) is 0 Å². The molecule has 0 bridgehead atoms. The highest BCUT2D eigenvalue weighted by atomic mass is 32.2. The van der Waals surface area contributed by atoms with Crippen LogP contribution in [0.25, 0.3) is 10.6 Å². The van der Waals surface area contributed by atoms with Crippen LogP contribution < -0.4 is 10.6 Å². The number of nitrogens with zero attached hydrogens (tertiary/aromatic N) is 1. The van der Waals surface area contributed by atoms with Crippen molar-refractivity contribution in [2.75, 3.05) is 10.6 Å². The number of hydrogen-bond acceptors (Lipinski definition) is 7. The lowest BCUT2D eigenvalue weighted by atomic mass is 9.82. The van der Waals surface area contributed by atoms with Crippen molar-refractivity contribution < 1.29 is 19.5 Å². The monoisotopic (exact) mass is 527 g/mol. The average molecular weight is 528 g/mol. The van der Waals surface area contributed by atoms with Gasteiger partial charge in [0.15, 0.2) is 5.13 Å². The molecular weight excluding hydrogens is 502 g/mol. The molecule has 2 aromatic heterocycles. The second-order valence-corrected chi connectivity index (χ2v) is 11.1. The molecule has 1 aromatic carbocycles. The molecule has 2 amide bonds. The number of carbonyl (C=O) groups excluding carboxylic acids is 2. The lowest BCUT2D eigenvalue weighted by Gasteiger charge is -2.24. The Kier molecular flexibility index (Phi) is 8.37. The van der Waals surface area contributed by atoms with Crippen molar-refractivity contribution in [2.24, 2.45) is 11.8 Å². The van der Waals surface area contributed by atoms with E-state index in [0.29, 0.717) is 30.1 Å². The fourth-order valence-electron chi connectivity index (χ4n) is 3.80. The number of benzene rings is 1. The highest BCUT2D eigenvalue weighted by molar-refractivity contribution is 8.00. The fraction of sp³-hybridized carbons (Fsp3) is 0.280. The summed E-state index contributed by atoms with van der Waals surface area (Å²) in [5.41, 5.74) is 1.43. The van der Waals surface area contributed by atoms with Gasteiger partial charge in [-0.3, -0.25) is 14.4 Å². The molecule has 0 fully saturated rings. The number of allylic oxidation sites excluding steroid dienone is 2. The molecule has 3 unspecified atom stereocenters. The molecule has 3 atom stereocenters. The van der Waals surface area contributed by atoms with Crippen molar-refractivity contribution in [1.29, 1.82) is 0 Å². The Bertz CT molecular complexity index is 1220. The van der Waals surface area contributed by atoms with Crippen molar-refractivity contribution in [3.05, 3.63) is 59.3 Å². The maximum atomic E-state index is 12.9. The van der Waals surface area contributed by atoms with Crippen LogP contribution in [0.1, 0.15) is 26.2 Å². The summed E-state index contributed by atoms with van der Waals surface area (Å²) >= 11 is 4.41. The smallest absolute Gasteiger partial charge is 0.307 e. The molecule has 0 spiro atoms. The molecular formula is C25H25N3O4S3. The van der Waals surface area contributed by atoms with Gasteiger partial charge in [-0.2, -0.15) is 0 Å². The molecule has 7 nitrogen and oxygen atoms in total.